The van der Waals surface area contributed by atoms with Gasteiger partial charge in [-0.2, -0.15) is 5.06 Å². The molecule has 1 heterocycles. The van der Waals surface area contributed by atoms with Gasteiger partial charge in [0.1, 0.15) is 5.75 Å². The molecule has 1 atom stereocenters. The van der Waals surface area contributed by atoms with Crippen molar-refractivity contribution in [1.82, 2.24) is 5.06 Å². The summed E-state index contributed by atoms with van der Waals surface area (Å²) in [5, 5.41) is 13.8. The van der Waals surface area contributed by atoms with Crippen LogP contribution in [-0.4, -0.2) is 40.4 Å². The fourth-order valence-electron chi connectivity index (χ4n) is 3.88. The summed E-state index contributed by atoms with van der Waals surface area (Å²) in [4.78, 5) is 6.35. The lowest BCUT2D eigenvalue weighted by Gasteiger charge is -2.51. The molecule has 28 heavy (non-hydrogen) atoms. The molecule has 1 aliphatic heterocycles. The maximum atomic E-state index is 8.08. The van der Waals surface area contributed by atoms with E-state index in [-0.39, 0.29) is 17.0 Å². The van der Waals surface area contributed by atoms with Crippen LogP contribution < -0.4 is 4.74 Å². The van der Waals surface area contributed by atoms with E-state index in [0.29, 0.717) is 19.0 Å². The topological polar surface area (TPSA) is 60.4 Å². The zero-order chi connectivity index (χ0) is 20.6. The summed E-state index contributed by atoms with van der Waals surface area (Å²) in [5.41, 5.74) is 1.31. The molecule has 0 radical (unpaired) electrons. The summed E-state index contributed by atoms with van der Waals surface area (Å²) in [5.74, 6) is 1.79. The minimum absolute atomic E-state index is 0.0508. The highest BCUT2D eigenvalue weighted by atomic mass is 32.2. The number of ether oxygens (including phenoxy) is 1. The van der Waals surface area contributed by atoms with Crippen LogP contribution in [0.3, 0.4) is 0 Å². The molecule has 0 bridgehead atoms. The normalized spacial score (nSPS) is 20.1. The van der Waals surface area contributed by atoms with Crippen molar-refractivity contribution < 1.29 is 24.2 Å². The van der Waals surface area contributed by atoms with Crippen molar-refractivity contribution in [2.45, 2.75) is 77.3 Å². The number of rotatable bonds is 11. The van der Waals surface area contributed by atoms with Gasteiger partial charge >= 0.3 is 0 Å². The average Bonchev–Trinajstić information content (AvgIpc) is 2.63. The lowest BCUT2D eigenvalue weighted by molar-refractivity contribution is -0.432. The van der Waals surface area contributed by atoms with E-state index in [2.05, 4.69) is 61.2 Å². The minimum atomic E-state index is 0.0508. The van der Waals surface area contributed by atoms with Crippen molar-refractivity contribution in [3.05, 3.63) is 29.8 Å². The Morgan fingerprint density at radius 2 is 1.89 bits per heavy atom. The van der Waals surface area contributed by atoms with Crippen LogP contribution in [0.4, 0.5) is 0 Å². The molecule has 0 aromatic heterocycles. The summed E-state index contributed by atoms with van der Waals surface area (Å²) in [6, 6.07) is 8.19. The molecule has 0 aliphatic carbocycles. The van der Waals surface area contributed by atoms with Crippen molar-refractivity contribution in [1.29, 1.82) is 0 Å². The Morgan fingerprint density at radius 3 is 2.57 bits per heavy atom. The first kappa shape index (κ1) is 23.4. The van der Waals surface area contributed by atoms with E-state index in [1.54, 1.807) is 0 Å². The van der Waals surface area contributed by atoms with Gasteiger partial charge in [-0.3, -0.25) is 4.84 Å². The molecule has 1 aromatic rings. The predicted molar refractivity (Wildman–Crippen MR) is 112 cm³/mol. The largest absolute Gasteiger partial charge is 0.494 e. The molecule has 1 aliphatic rings. The maximum absolute atomic E-state index is 8.08. The van der Waals surface area contributed by atoms with Gasteiger partial charge in [0.15, 0.2) is 0 Å². The minimum Gasteiger partial charge on any atom is -0.494 e. The van der Waals surface area contributed by atoms with Crippen molar-refractivity contribution in [2.75, 3.05) is 19.0 Å². The summed E-state index contributed by atoms with van der Waals surface area (Å²) in [6.07, 6.45) is 4.34. The molecule has 0 amide bonds. The molecule has 0 spiro atoms. The summed E-state index contributed by atoms with van der Waals surface area (Å²) in [6.45, 7) is 12.5. The molecule has 1 fully saturated rings. The predicted octanol–water partition coefficient (Wildman–Crippen LogP) is 5.60. The first-order valence-electron chi connectivity index (χ1n) is 10.0. The van der Waals surface area contributed by atoms with E-state index in [1.165, 1.54) is 12.0 Å². The number of hydroxylamine groups is 2. The Bertz CT molecular complexity index is 580. The van der Waals surface area contributed by atoms with E-state index < -0.39 is 0 Å². The zero-order valence-electron chi connectivity index (χ0n) is 17.8. The Labute approximate surface area is 173 Å². The number of hydrogen-bond donors (Lipinski definition) is 1. The van der Waals surface area contributed by atoms with Crippen LogP contribution in [0, 0.1) is 0 Å². The van der Waals surface area contributed by atoms with Gasteiger partial charge in [-0.25, -0.2) is 5.26 Å². The fourth-order valence-corrected chi connectivity index (χ4v) is 4.23. The van der Waals surface area contributed by atoms with Crippen molar-refractivity contribution in [3.63, 3.8) is 0 Å². The smallest absolute Gasteiger partial charge is 0.119 e. The molecular weight excluding hydrogens is 378 g/mol. The first-order chi connectivity index (χ1) is 13.3. The van der Waals surface area contributed by atoms with E-state index in [9.17, 15) is 0 Å². The molecule has 1 aromatic carbocycles. The molecule has 7 heteroatoms. The number of piperidine rings is 1. The summed E-state index contributed by atoms with van der Waals surface area (Å²) < 4.78 is 10.2. The Morgan fingerprint density at radius 1 is 1.18 bits per heavy atom. The molecule has 1 unspecified atom stereocenters. The van der Waals surface area contributed by atoms with E-state index in [4.69, 9.17) is 14.8 Å². The third-order valence-corrected chi connectivity index (χ3v) is 5.89. The number of benzene rings is 1. The highest BCUT2D eigenvalue weighted by molar-refractivity contribution is 7.94. The van der Waals surface area contributed by atoms with E-state index in [0.717, 1.165) is 37.1 Å². The standard InChI is InChI=1S/C21H35NO5S/c1-17(16-25-22-20(2,3)11-7-12-21(22,4)5)18-9-6-10-19(15-18)24-13-8-14-28-27-26-23/h6,9-10,15,17,23H,7-8,11-14,16H2,1-5H3. The van der Waals surface area contributed by atoms with Gasteiger partial charge in [-0.15, -0.1) is 4.33 Å². The average molecular weight is 414 g/mol. The molecule has 6 nitrogen and oxygen atoms in total. The van der Waals surface area contributed by atoms with Gasteiger partial charge in [-0.1, -0.05) is 24.1 Å². The van der Waals surface area contributed by atoms with Crippen LogP contribution in [0.2, 0.25) is 0 Å². The highest BCUT2D eigenvalue weighted by Gasteiger charge is 2.42. The van der Waals surface area contributed by atoms with Crippen molar-refractivity contribution in [3.8, 4) is 5.75 Å². The lowest BCUT2D eigenvalue weighted by Crippen LogP contribution is -2.58. The van der Waals surface area contributed by atoms with Crippen LogP contribution in [0.25, 0.3) is 0 Å². The fraction of sp³-hybridized carbons (Fsp3) is 0.714. The van der Waals surface area contributed by atoms with Gasteiger partial charge in [0.2, 0.25) is 0 Å². The van der Waals surface area contributed by atoms with Crippen molar-refractivity contribution in [2.24, 2.45) is 0 Å². The highest BCUT2D eigenvalue weighted by Crippen LogP contribution is 2.38. The van der Waals surface area contributed by atoms with E-state index in [1.807, 2.05) is 12.1 Å². The molecule has 160 valence electrons. The van der Waals surface area contributed by atoms with Gasteiger partial charge in [0, 0.05) is 34.8 Å². The van der Waals surface area contributed by atoms with Crippen LogP contribution in [0.15, 0.2) is 24.3 Å². The number of hydrogen-bond acceptors (Lipinski definition) is 7. The van der Waals surface area contributed by atoms with E-state index >= 15 is 0 Å². The first-order valence-corrected chi connectivity index (χ1v) is 10.9. The van der Waals surface area contributed by atoms with Crippen LogP contribution in [0.5, 0.6) is 5.75 Å². The lowest BCUT2D eigenvalue weighted by atomic mass is 9.82. The Hall–Kier alpha value is -0.830. The van der Waals surface area contributed by atoms with Gasteiger partial charge in [0.05, 0.1) is 13.2 Å². The Balaban J connectivity index is 1.86. The molecule has 2 rings (SSSR count). The van der Waals surface area contributed by atoms with Gasteiger partial charge in [0.25, 0.3) is 0 Å². The quantitative estimate of drug-likeness (QED) is 0.219. The third kappa shape index (κ3) is 6.90. The van der Waals surface area contributed by atoms with Gasteiger partial charge < -0.3 is 4.74 Å². The Kier molecular flexibility index (Phi) is 9.05. The van der Waals surface area contributed by atoms with Crippen LogP contribution in [0.1, 0.15) is 71.8 Å². The van der Waals surface area contributed by atoms with Crippen LogP contribution >= 0.6 is 12.0 Å². The molecular formula is C21H35NO5S. The number of nitrogens with zero attached hydrogens (tertiary/aromatic N) is 1. The van der Waals surface area contributed by atoms with Gasteiger partial charge in [-0.05, 0) is 71.1 Å². The SMILES string of the molecule is CC(CON1C(C)(C)CCCC1(C)C)c1cccc(OCCCSOOO)c1. The monoisotopic (exact) mass is 413 g/mol. The zero-order valence-corrected chi connectivity index (χ0v) is 18.6. The molecule has 1 saturated heterocycles. The summed E-state index contributed by atoms with van der Waals surface area (Å²) in [7, 11) is 0. The molecule has 0 saturated carbocycles. The van der Waals surface area contributed by atoms with Crippen molar-refractivity contribution >= 4 is 12.0 Å². The molecule has 1 N–H and O–H groups in total. The maximum Gasteiger partial charge on any atom is 0.119 e. The second-order valence-electron chi connectivity index (χ2n) is 8.71. The third-order valence-electron chi connectivity index (χ3n) is 5.28. The second kappa shape index (κ2) is 10.8. The van der Waals surface area contributed by atoms with Crippen LogP contribution in [-0.2, 0) is 14.2 Å². The summed E-state index contributed by atoms with van der Waals surface area (Å²) >= 11 is 1.04. The second-order valence-corrected chi connectivity index (χ2v) is 9.49.